The zero-order chi connectivity index (χ0) is 13.7. The molecule has 0 aromatic rings. The lowest BCUT2D eigenvalue weighted by atomic mass is 9.68. The molecule has 0 aromatic carbocycles. The second-order valence-electron chi connectivity index (χ2n) is 7.22. The normalized spacial score (nSPS) is 38.7. The Hall–Kier alpha value is -0.540. The Labute approximate surface area is 134 Å². The maximum Gasteiger partial charge on any atom is 0.219 e. The number of likely N-dealkylation sites (tertiary alicyclic amines) is 1. The summed E-state index contributed by atoms with van der Waals surface area (Å²) in [5.41, 5.74) is 1.60. The molecular weight excluding hydrogens is 284 g/mol. The lowest BCUT2D eigenvalue weighted by molar-refractivity contribution is -0.133. The molecule has 1 aliphatic carbocycles. The summed E-state index contributed by atoms with van der Waals surface area (Å²) in [6.45, 7) is 5.24. The van der Waals surface area contributed by atoms with Gasteiger partial charge in [-0.05, 0) is 50.5 Å². The van der Waals surface area contributed by atoms with E-state index in [1.165, 1.54) is 45.2 Å². The molecule has 4 aliphatic rings. The maximum atomic E-state index is 12.0. The van der Waals surface area contributed by atoms with Gasteiger partial charge < -0.3 is 4.90 Å². The van der Waals surface area contributed by atoms with Crippen LogP contribution in [0.25, 0.3) is 0 Å². The van der Waals surface area contributed by atoms with Crippen molar-refractivity contribution in [1.29, 1.82) is 0 Å². The van der Waals surface area contributed by atoms with Crippen molar-refractivity contribution in [3.63, 3.8) is 0 Å². The van der Waals surface area contributed by atoms with Gasteiger partial charge in [-0.3, -0.25) is 9.69 Å². The third kappa shape index (κ3) is 2.53. The van der Waals surface area contributed by atoms with Crippen LogP contribution in [0.4, 0.5) is 0 Å². The molecule has 0 unspecified atom stereocenters. The van der Waals surface area contributed by atoms with E-state index >= 15 is 0 Å². The first-order valence-corrected chi connectivity index (χ1v) is 8.46. The Morgan fingerprint density at radius 2 is 2.10 bits per heavy atom. The summed E-state index contributed by atoms with van der Waals surface area (Å²) in [5, 5.41) is 0. The zero-order valence-corrected chi connectivity index (χ0v) is 13.8. The van der Waals surface area contributed by atoms with Gasteiger partial charge in [-0.25, -0.2) is 0 Å². The molecule has 2 bridgehead atoms. The van der Waals surface area contributed by atoms with E-state index < -0.39 is 0 Å². The van der Waals surface area contributed by atoms with Crippen molar-refractivity contribution in [3.8, 4) is 0 Å². The van der Waals surface area contributed by atoms with Crippen molar-refractivity contribution < 1.29 is 4.79 Å². The van der Waals surface area contributed by atoms with E-state index in [1.807, 2.05) is 0 Å². The Bertz CT molecular complexity index is 450. The van der Waals surface area contributed by atoms with E-state index in [1.54, 1.807) is 12.5 Å². The summed E-state index contributed by atoms with van der Waals surface area (Å²) in [6, 6.07) is 1.24. The smallest absolute Gasteiger partial charge is 0.219 e. The van der Waals surface area contributed by atoms with Crippen molar-refractivity contribution in [1.82, 2.24) is 9.80 Å². The average molecular weight is 311 g/mol. The summed E-state index contributed by atoms with van der Waals surface area (Å²) in [6.07, 6.45) is 10.5. The van der Waals surface area contributed by atoms with Crippen molar-refractivity contribution in [2.24, 2.45) is 11.8 Å². The van der Waals surface area contributed by atoms with E-state index in [0.29, 0.717) is 12.0 Å². The molecule has 3 nitrogen and oxygen atoms in total. The van der Waals surface area contributed by atoms with Crippen LogP contribution < -0.4 is 0 Å². The fourth-order valence-corrected chi connectivity index (χ4v) is 5.33. The van der Waals surface area contributed by atoms with Crippen LogP contribution in [0.15, 0.2) is 11.6 Å². The fraction of sp³-hybridized carbons (Fsp3) is 0.824. The third-order valence-electron chi connectivity index (χ3n) is 6.06. The van der Waals surface area contributed by atoms with Gasteiger partial charge in [0.15, 0.2) is 0 Å². The molecule has 21 heavy (non-hydrogen) atoms. The molecule has 1 amide bonds. The van der Waals surface area contributed by atoms with Crippen LogP contribution in [-0.4, -0.2) is 47.4 Å². The number of carbonyl (C=O) groups is 1. The molecule has 4 atom stereocenters. The van der Waals surface area contributed by atoms with Gasteiger partial charge in [0.1, 0.15) is 0 Å². The van der Waals surface area contributed by atoms with Crippen LogP contribution in [0, 0.1) is 11.8 Å². The van der Waals surface area contributed by atoms with E-state index in [-0.39, 0.29) is 18.3 Å². The second-order valence-corrected chi connectivity index (χ2v) is 7.22. The molecule has 0 spiro atoms. The Kier molecular flexibility index (Phi) is 4.33. The number of carbonyl (C=O) groups excluding carboxylic acids is 1. The van der Waals surface area contributed by atoms with Crippen molar-refractivity contribution in [3.05, 3.63) is 11.6 Å². The topological polar surface area (TPSA) is 23.6 Å². The van der Waals surface area contributed by atoms with Gasteiger partial charge >= 0.3 is 0 Å². The highest BCUT2D eigenvalue weighted by Crippen LogP contribution is 2.44. The standard InChI is InChI=1S/C17H26N2O.ClH/c1-12(20)19-8-4-5-13-9-14-10-15(17(13)19)11-18-7-3-2-6-16(14)18;/h9,14-17H,2-8,10-11H2,1H3;1H/t14-,15-,16+,17+;/m0./s1. The summed E-state index contributed by atoms with van der Waals surface area (Å²) in [5.74, 6) is 1.74. The van der Waals surface area contributed by atoms with Crippen molar-refractivity contribution >= 4 is 18.3 Å². The minimum atomic E-state index is 0. The summed E-state index contributed by atoms with van der Waals surface area (Å²) < 4.78 is 0. The largest absolute Gasteiger partial charge is 0.336 e. The SMILES string of the molecule is CC(=O)N1CCCC2=C[C@H]3C[C@@H](CN4CCCC[C@H]34)[C@@H]21.Cl. The molecule has 0 radical (unpaired) electrons. The van der Waals surface area contributed by atoms with Gasteiger partial charge in [-0.1, -0.05) is 18.1 Å². The van der Waals surface area contributed by atoms with Crippen LogP contribution in [0.2, 0.25) is 0 Å². The van der Waals surface area contributed by atoms with E-state index in [9.17, 15) is 4.79 Å². The Morgan fingerprint density at radius 3 is 2.90 bits per heavy atom. The number of hydrogen-bond acceptors (Lipinski definition) is 2. The van der Waals surface area contributed by atoms with Gasteiger partial charge in [0.05, 0.1) is 6.04 Å². The molecule has 3 fully saturated rings. The first kappa shape index (κ1) is 15.4. The van der Waals surface area contributed by atoms with E-state index in [2.05, 4.69) is 15.9 Å². The molecule has 3 heterocycles. The lowest BCUT2D eigenvalue weighted by Crippen LogP contribution is -2.59. The average Bonchev–Trinajstić information content (AvgIpc) is 2.46. The molecular formula is C17H27ClN2O. The third-order valence-corrected chi connectivity index (χ3v) is 6.06. The number of amides is 1. The second kappa shape index (κ2) is 5.92. The summed E-state index contributed by atoms with van der Waals surface area (Å²) in [7, 11) is 0. The molecule has 3 aliphatic heterocycles. The molecule has 118 valence electrons. The molecule has 3 saturated heterocycles. The van der Waals surface area contributed by atoms with Crippen molar-refractivity contribution in [2.45, 2.75) is 57.5 Å². The minimum Gasteiger partial charge on any atom is -0.336 e. The van der Waals surface area contributed by atoms with Crippen LogP contribution in [0.1, 0.15) is 45.4 Å². The zero-order valence-electron chi connectivity index (χ0n) is 13.0. The summed E-state index contributed by atoms with van der Waals surface area (Å²) in [4.78, 5) is 16.9. The van der Waals surface area contributed by atoms with Gasteiger partial charge in [-0.2, -0.15) is 0 Å². The van der Waals surface area contributed by atoms with Crippen LogP contribution >= 0.6 is 12.4 Å². The van der Waals surface area contributed by atoms with Gasteiger partial charge in [-0.15, -0.1) is 12.4 Å². The van der Waals surface area contributed by atoms with Crippen LogP contribution in [-0.2, 0) is 4.79 Å². The molecule has 0 N–H and O–H groups in total. The lowest BCUT2D eigenvalue weighted by Gasteiger charge is -2.54. The number of piperidine rings is 3. The molecule has 0 saturated carbocycles. The highest BCUT2D eigenvalue weighted by molar-refractivity contribution is 5.85. The minimum absolute atomic E-state index is 0. The van der Waals surface area contributed by atoms with Crippen molar-refractivity contribution in [2.75, 3.05) is 19.6 Å². The molecule has 4 heteroatoms. The van der Waals surface area contributed by atoms with Crippen LogP contribution in [0.3, 0.4) is 0 Å². The Balaban J connectivity index is 0.00000132. The maximum absolute atomic E-state index is 12.0. The van der Waals surface area contributed by atoms with Crippen LogP contribution in [0.5, 0.6) is 0 Å². The quantitative estimate of drug-likeness (QED) is 0.642. The number of rotatable bonds is 0. The predicted octanol–water partition coefficient (Wildman–Crippen LogP) is 2.85. The predicted molar refractivity (Wildman–Crippen MR) is 86.5 cm³/mol. The first-order valence-electron chi connectivity index (χ1n) is 8.46. The fourth-order valence-electron chi connectivity index (χ4n) is 5.33. The first-order chi connectivity index (χ1) is 9.74. The van der Waals surface area contributed by atoms with Gasteiger partial charge in [0, 0.05) is 26.1 Å². The monoisotopic (exact) mass is 310 g/mol. The molecule has 0 aromatic heterocycles. The summed E-state index contributed by atoms with van der Waals surface area (Å²) >= 11 is 0. The number of halogens is 1. The number of nitrogens with zero attached hydrogens (tertiary/aromatic N) is 2. The van der Waals surface area contributed by atoms with E-state index in [4.69, 9.17) is 0 Å². The van der Waals surface area contributed by atoms with Gasteiger partial charge in [0.2, 0.25) is 5.91 Å². The molecule has 4 rings (SSSR count). The highest BCUT2D eigenvalue weighted by Gasteiger charge is 2.46. The number of hydrogen-bond donors (Lipinski definition) is 0. The van der Waals surface area contributed by atoms with Gasteiger partial charge in [0.25, 0.3) is 0 Å². The highest BCUT2D eigenvalue weighted by atomic mass is 35.5. The van der Waals surface area contributed by atoms with E-state index in [0.717, 1.165) is 24.9 Å². The number of fused-ring (bicyclic) bond motifs is 6. The Morgan fingerprint density at radius 1 is 1.24 bits per heavy atom.